The molecule has 2 rings (SSSR count). The third-order valence-electron chi connectivity index (χ3n) is 4.54. The standard InChI is InChI=1S/C23H28N4O5/c1-5-16(3)25-22(29)23(30)27-24-13-17-10-11-19(20(12-17)31-4)32-14-21(28)26-18-9-7-6-8-15(18)2/h6-13,16H,5,14H2,1-4H3,(H,25,29)(H,26,28)(H,27,30)/b24-13-/t16-/m1/s1. The Labute approximate surface area is 187 Å². The summed E-state index contributed by atoms with van der Waals surface area (Å²) in [6, 6.07) is 12.3. The quantitative estimate of drug-likeness (QED) is 0.314. The minimum Gasteiger partial charge on any atom is -0.493 e. The summed E-state index contributed by atoms with van der Waals surface area (Å²) in [6.45, 7) is 5.41. The Balaban J connectivity index is 1.92. The minimum absolute atomic E-state index is 0.104. The summed E-state index contributed by atoms with van der Waals surface area (Å²) in [5, 5.41) is 9.13. The Kier molecular flexibility index (Phi) is 9.22. The van der Waals surface area contributed by atoms with Gasteiger partial charge in [-0.3, -0.25) is 14.4 Å². The SMILES string of the molecule is CC[C@@H](C)NC(=O)C(=O)N/N=C\c1ccc(OCC(=O)Nc2ccccc2C)c(OC)c1. The van der Waals surface area contributed by atoms with E-state index in [0.29, 0.717) is 23.5 Å². The molecule has 0 saturated heterocycles. The number of nitrogens with zero attached hydrogens (tertiary/aromatic N) is 1. The highest BCUT2D eigenvalue weighted by Gasteiger charge is 2.14. The summed E-state index contributed by atoms with van der Waals surface area (Å²) in [7, 11) is 1.47. The normalized spacial score (nSPS) is 11.5. The Bertz CT molecular complexity index is 990. The lowest BCUT2D eigenvalue weighted by Crippen LogP contribution is -2.41. The molecule has 0 heterocycles. The fourth-order valence-electron chi connectivity index (χ4n) is 2.53. The second-order valence-electron chi connectivity index (χ2n) is 7.04. The van der Waals surface area contributed by atoms with E-state index in [-0.39, 0.29) is 18.6 Å². The topological polar surface area (TPSA) is 118 Å². The van der Waals surface area contributed by atoms with E-state index < -0.39 is 11.8 Å². The van der Waals surface area contributed by atoms with Gasteiger partial charge in [0.15, 0.2) is 18.1 Å². The zero-order valence-electron chi connectivity index (χ0n) is 18.6. The van der Waals surface area contributed by atoms with Crippen LogP contribution in [0.4, 0.5) is 5.69 Å². The van der Waals surface area contributed by atoms with Gasteiger partial charge in [-0.25, -0.2) is 5.43 Å². The van der Waals surface area contributed by atoms with Gasteiger partial charge in [-0.2, -0.15) is 5.10 Å². The monoisotopic (exact) mass is 440 g/mol. The van der Waals surface area contributed by atoms with Crippen LogP contribution in [0.15, 0.2) is 47.6 Å². The predicted octanol–water partition coefficient (Wildman–Crippen LogP) is 2.39. The summed E-state index contributed by atoms with van der Waals surface area (Å²) >= 11 is 0. The molecular formula is C23H28N4O5. The van der Waals surface area contributed by atoms with Gasteiger partial charge in [-0.1, -0.05) is 25.1 Å². The van der Waals surface area contributed by atoms with E-state index in [1.807, 2.05) is 38.1 Å². The van der Waals surface area contributed by atoms with Gasteiger partial charge in [0.2, 0.25) is 0 Å². The molecule has 0 fully saturated rings. The average Bonchev–Trinajstić information content (AvgIpc) is 2.79. The number of hydrogen-bond donors (Lipinski definition) is 3. The maximum Gasteiger partial charge on any atom is 0.329 e. The van der Waals surface area contributed by atoms with E-state index in [9.17, 15) is 14.4 Å². The number of aryl methyl sites for hydroxylation is 1. The molecule has 0 aliphatic carbocycles. The summed E-state index contributed by atoms with van der Waals surface area (Å²) < 4.78 is 10.9. The van der Waals surface area contributed by atoms with Gasteiger partial charge in [0, 0.05) is 11.7 Å². The van der Waals surface area contributed by atoms with Crippen molar-refractivity contribution in [3.8, 4) is 11.5 Å². The van der Waals surface area contributed by atoms with Gasteiger partial charge in [-0.05, 0) is 55.7 Å². The molecule has 0 bridgehead atoms. The molecule has 9 heteroatoms. The zero-order valence-corrected chi connectivity index (χ0v) is 18.6. The van der Waals surface area contributed by atoms with Crippen molar-refractivity contribution in [1.29, 1.82) is 0 Å². The van der Waals surface area contributed by atoms with Gasteiger partial charge in [0.1, 0.15) is 0 Å². The zero-order chi connectivity index (χ0) is 23.5. The lowest BCUT2D eigenvalue weighted by Gasteiger charge is -2.12. The molecule has 32 heavy (non-hydrogen) atoms. The summed E-state index contributed by atoms with van der Waals surface area (Å²) in [5.41, 5.74) is 4.44. The van der Waals surface area contributed by atoms with E-state index in [4.69, 9.17) is 9.47 Å². The first-order valence-electron chi connectivity index (χ1n) is 10.1. The summed E-state index contributed by atoms with van der Waals surface area (Å²) in [4.78, 5) is 35.6. The predicted molar refractivity (Wildman–Crippen MR) is 122 cm³/mol. The fourth-order valence-corrected chi connectivity index (χ4v) is 2.53. The van der Waals surface area contributed by atoms with E-state index in [1.54, 1.807) is 25.1 Å². The van der Waals surface area contributed by atoms with Gasteiger partial charge < -0.3 is 20.1 Å². The molecule has 170 valence electrons. The number of ether oxygens (including phenoxy) is 2. The number of methoxy groups -OCH3 is 1. The molecular weight excluding hydrogens is 412 g/mol. The van der Waals surface area contributed by atoms with Crippen molar-refractivity contribution in [2.45, 2.75) is 33.2 Å². The highest BCUT2D eigenvalue weighted by Crippen LogP contribution is 2.27. The molecule has 0 spiro atoms. The van der Waals surface area contributed by atoms with Crippen molar-refractivity contribution in [2.75, 3.05) is 19.0 Å². The van der Waals surface area contributed by atoms with Crippen molar-refractivity contribution in [1.82, 2.24) is 10.7 Å². The molecule has 0 aromatic heterocycles. The van der Waals surface area contributed by atoms with Crippen LogP contribution in [0.2, 0.25) is 0 Å². The Morgan fingerprint density at radius 1 is 1.09 bits per heavy atom. The van der Waals surface area contributed by atoms with E-state index >= 15 is 0 Å². The minimum atomic E-state index is -0.854. The number of para-hydroxylation sites is 1. The van der Waals surface area contributed by atoms with Crippen LogP contribution in [-0.4, -0.2) is 43.7 Å². The van der Waals surface area contributed by atoms with Crippen LogP contribution in [0.1, 0.15) is 31.4 Å². The summed E-state index contributed by atoms with van der Waals surface area (Å²) in [5.74, 6) is -1.14. The number of amides is 3. The molecule has 0 radical (unpaired) electrons. The second-order valence-corrected chi connectivity index (χ2v) is 7.04. The van der Waals surface area contributed by atoms with E-state index in [1.165, 1.54) is 13.3 Å². The Morgan fingerprint density at radius 2 is 1.84 bits per heavy atom. The molecule has 0 aliphatic heterocycles. The van der Waals surface area contributed by atoms with Crippen LogP contribution in [-0.2, 0) is 14.4 Å². The lowest BCUT2D eigenvalue weighted by molar-refractivity contribution is -0.139. The third-order valence-corrected chi connectivity index (χ3v) is 4.54. The molecule has 0 saturated carbocycles. The molecule has 0 aliphatic rings. The largest absolute Gasteiger partial charge is 0.493 e. The van der Waals surface area contributed by atoms with Crippen LogP contribution in [0.25, 0.3) is 0 Å². The number of carbonyl (C=O) groups excluding carboxylic acids is 3. The number of hydrazone groups is 1. The average molecular weight is 441 g/mol. The maximum absolute atomic E-state index is 12.2. The van der Waals surface area contributed by atoms with Crippen molar-refractivity contribution in [3.05, 3.63) is 53.6 Å². The number of hydrogen-bond acceptors (Lipinski definition) is 6. The molecule has 9 nitrogen and oxygen atoms in total. The third kappa shape index (κ3) is 7.42. The number of nitrogens with one attached hydrogen (secondary N) is 3. The van der Waals surface area contributed by atoms with Gasteiger partial charge in [0.05, 0.1) is 13.3 Å². The molecule has 3 amide bonds. The number of rotatable bonds is 9. The number of benzene rings is 2. The highest BCUT2D eigenvalue weighted by atomic mass is 16.5. The van der Waals surface area contributed by atoms with E-state index in [0.717, 1.165) is 11.3 Å². The molecule has 3 N–H and O–H groups in total. The van der Waals surface area contributed by atoms with Crippen LogP contribution in [0, 0.1) is 6.92 Å². The Morgan fingerprint density at radius 3 is 2.53 bits per heavy atom. The van der Waals surface area contributed by atoms with Crippen LogP contribution in [0.5, 0.6) is 11.5 Å². The maximum atomic E-state index is 12.2. The van der Waals surface area contributed by atoms with Crippen LogP contribution >= 0.6 is 0 Å². The molecule has 2 aromatic rings. The smallest absolute Gasteiger partial charge is 0.329 e. The van der Waals surface area contributed by atoms with Crippen molar-refractivity contribution in [3.63, 3.8) is 0 Å². The first kappa shape index (κ1) is 24.4. The van der Waals surface area contributed by atoms with Crippen LogP contribution in [0.3, 0.4) is 0 Å². The summed E-state index contributed by atoms with van der Waals surface area (Å²) in [6.07, 6.45) is 2.08. The number of carbonyl (C=O) groups is 3. The van der Waals surface area contributed by atoms with Crippen LogP contribution < -0.4 is 25.5 Å². The highest BCUT2D eigenvalue weighted by molar-refractivity contribution is 6.35. The van der Waals surface area contributed by atoms with Gasteiger partial charge >= 0.3 is 11.8 Å². The van der Waals surface area contributed by atoms with Crippen molar-refractivity contribution >= 4 is 29.6 Å². The van der Waals surface area contributed by atoms with Crippen molar-refractivity contribution < 1.29 is 23.9 Å². The number of anilines is 1. The van der Waals surface area contributed by atoms with Gasteiger partial charge in [0.25, 0.3) is 5.91 Å². The first-order valence-corrected chi connectivity index (χ1v) is 10.1. The molecule has 0 unspecified atom stereocenters. The van der Waals surface area contributed by atoms with Gasteiger partial charge in [-0.15, -0.1) is 0 Å². The Hall–Kier alpha value is -3.88. The molecule has 2 aromatic carbocycles. The van der Waals surface area contributed by atoms with Crippen molar-refractivity contribution in [2.24, 2.45) is 5.10 Å². The molecule has 1 atom stereocenters. The first-order chi connectivity index (χ1) is 15.3. The fraction of sp³-hybridized carbons (Fsp3) is 0.304. The lowest BCUT2D eigenvalue weighted by atomic mass is 10.2. The van der Waals surface area contributed by atoms with E-state index in [2.05, 4.69) is 21.2 Å². The second kappa shape index (κ2) is 12.1.